The Labute approximate surface area is 119 Å². The van der Waals surface area contributed by atoms with Crippen LogP contribution in [0.5, 0.6) is 0 Å². The maximum Gasteiger partial charge on any atom is 0.406 e. The molecule has 0 bridgehead atoms. The minimum Gasteiger partial charge on any atom is -0.326 e. The van der Waals surface area contributed by atoms with Crippen molar-refractivity contribution in [1.82, 2.24) is 4.90 Å². The van der Waals surface area contributed by atoms with Crippen molar-refractivity contribution < 1.29 is 26.7 Å². The highest BCUT2D eigenvalue weighted by Gasteiger charge is 2.42. The molecule has 0 aliphatic heterocycles. The van der Waals surface area contributed by atoms with Gasteiger partial charge in [0.25, 0.3) is 5.91 Å². The van der Waals surface area contributed by atoms with Crippen molar-refractivity contribution in [2.24, 2.45) is 0 Å². The van der Waals surface area contributed by atoms with Crippen LogP contribution in [0.25, 0.3) is 0 Å². The molecule has 110 valence electrons. The minimum atomic E-state index is -4.61. The second-order valence-electron chi connectivity index (χ2n) is 4.52. The fraction of sp³-hybridized carbons (Fsp3) is 0.417. The molecule has 1 amide bonds. The lowest BCUT2D eigenvalue weighted by atomic mass is 10.1. The zero-order valence-electron chi connectivity index (χ0n) is 9.98. The molecule has 1 aromatic carbocycles. The Balaban J connectivity index is 2.33. The molecule has 2 nitrogen and oxygen atoms in total. The number of hydrogen-bond acceptors (Lipinski definition) is 1. The number of halogens is 6. The van der Waals surface area contributed by atoms with E-state index < -0.39 is 41.9 Å². The van der Waals surface area contributed by atoms with Gasteiger partial charge in [0.15, 0.2) is 0 Å². The van der Waals surface area contributed by atoms with Gasteiger partial charge < -0.3 is 4.90 Å². The van der Waals surface area contributed by atoms with Crippen molar-refractivity contribution in [2.75, 3.05) is 6.54 Å². The van der Waals surface area contributed by atoms with E-state index in [9.17, 15) is 26.7 Å². The normalized spacial score (nSPS) is 15.3. The highest BCUT2D eigenvalue weighted by atomic mass is 79.9. The van der Waals surface area contributed by atoms with E-state index in [4.69, 9.17) is 0 Å². The summed E-state index contributed by atoms with van der Waals surface area (Å²) in [5.74, 6) is -3.64. The molecule has 0 radical (unpaired) electrons. The molecule has 8 heteroatoms. The van der Waals surface area contributed by atoms with Crippen LogP contribution in [0.1, 0.15) is 23.2 Å². The summed E-state index contributed by atoms with van der Waals surface area (Å²) in [6, 6.07) is 1.08. The molecule has 1 aromatic rings. The van der Waals surface area contributed by atoms with Crippen LogP contribution in [0.4, 0.5) is 22.0 Å². The number of nitrogens with zero attached hydrogens (tertiary/aromatic N) is 1. The topological polar surface area (TPSA) is 20.3 Å². The van der Waals surface area contributed by atoms with E-state index in [1.807, 2.05) is 0 Å². The zero-order valence-corrected chi connectivity index (χ0v) is 11.6. The highest BCUT2D eigenvalue weighted by molar-refractivity contribution is 9.10. The van der Waals surface area contributed by atoms with Gasteiger partial charge in [0.1, 0.15) is 23.7 Å². The maximum atomic E-state index is 13.6. The first-order valence-electron chi connectivity index (χ1n) is 5.71. The van der Waals surface area contributed by atoms with Gasteiger partial charge in [0, 0.05) is 10.5 Å². The largest absolute Gasteiger partial charge is 0.406 e. The van der Waals surface area contributed by atoms with E-state index in [1.165, 1.54) is 0 Å². The van der Waals surface area contributed by atoms with E-state index in [2.05, 4.69) is 15.9 Å². The first-order chi connectivity index (χ1) is 9.19. The molecule has 20 heavy (non-hydrogen) atoms. The van der Waals surface area contributed by atoms with Crippen LogP contribution in [-0.4, -0.2) is 29.6 Å². The number of carbonyl (C=O) groups is 1. The van der Waals surface area contributed by atoms with Gasteiger partial charge in [-0.15, -0.1) is 0 Å². The predicted molar refractivity (Wildman–Crippen MR) is 64.2 cm³/mol. The standard InChI is InChI=1S/C12H9BrF5NO/c13-6-3-8(14)10(9(15)4-6)11(20)19(7-1-2-7)5-12(16,17)18/h3-4,7H,1-2,5H2. The molecule has 2 rings (SSSR count). The Morgan fingerprint density at radius 1 is 1.25 bits per heavy atom. The van der Waals surface area contributed by atoms with Gasteiger partial charge in [-0.05, 0) is 25.0 Å². The van der Waals surface area contributed by atoms with Crippen LogP contribution < -0.4 is 0 Å². The van der Waals surface area contributed by atoms with Gasteiger partial charge in [-0.1, -0.05) is 15.9 Å². The van der Waals surface area contributed by atoms with Crippen molar-refractivity contribution in [3.8, 4) is 0 Å². The SMILES string of the molecule is O=C(c1c(F)cc(Br)cc1F)N(CC(F)(F)F)C1CC1. The Kier molecular flexibility index (Phi) is 4.04. The molecule has 0 unspecified atom stereocenters. The van der Waals surface area contributed by atoms with Crippen molar-refractivity contribution in [1.29, 1.82) is 0 Å². The molecule has 0 heterocycles. The molecule has 0 atom stereocenters. The molecule has 1 aliphatic rings. The number of rotatable bonds is 3. The summed E-state index contributed by atoms with van der Waals surface area (Å²) in [4.78, 5) is 12.5. The number of alkyl halides is 3. The fourth-order valence-electron chi connectivity index (χ4n) is 1.84. The molecule has 0 spiro atoms. The molecule has 1 aliphatic carbocycles. The van der Waals surface area contributed by atoms with Gasteiger partial charge in [-0.2, -0.15) is 13.2 Å². The van der Waals surface area contributed by atoms with Crippen molar-refractivity contribution in [3.63, 3.8) is 0 Å². The predicted octanol–water partition coefficient (Wildman–Crippen LogP) is 3.89. The lowest BCUT2D eigenvalue weighted by Gasteiger charge is -2.24. The van der Waals surface area contributed by atoms with E-state index in [0.29, 0.717) is 17.7 Å². The summed E-state index contributed by atoms with van der Waals surface area (Å²) in [6.07, 6.45) is -3.80. The molecule has 0 saturated heterocycles. The summed E-state index contributed by atoms with van der Waals surface area (Å²) < 4.78 is 64.7. The average molecular weight is 358 g/mol. The summed E-state index contributed by atoms with van der Waals surface area (Å²) in [5.41, 5.74) is -0.954. The lowest BCUT2D eigenvalue weighted by molar-refractivity contribution is -0.141. The van der Waals surface area contributed by atoms with Crippen molar-refractivity contribution in [3.05, 3.63) is 33.8 Å². The Bertz CT molecular complexity index is 518. The molecule has 1 saturated carbocycles. The number of benzene rings is 1. The third kappa shape index (κ3) is 3.47. The van der Waals surface area contributed by atoms with Crippen molar-refractivity contribution >= 4 is 21.8 Å². The minimum absolute atomic E-state index is 0.0674. The summed E-state index contributed by atoms with van der Waals surface area (Å²) in [7, 11) is 0. The second kappa shape index (κ2) is 5.31. The van der Waals surface area contributed by atoms with Gasteiger partial charge in [0.2, 0.25) is 0 Å². The van der Waals surface area contributed by atoms with Crippen LogP contribution in [-0.2, 0) is 0 Å². The van der Waals surface area contributed by atoms with Gasteiger partial charge in [-0.25, -0.2) is 8.78 Å². The maximum absolute atomic E-state index is 13.6. The lowest BCUT2D eigenvalue weighted by Crippen LogP contribution is -2.41. The molecular formula is C12H9BrF5NO. The monoisotopic (exact) mass is 357 g/mol. The van der Waals surface area contributed by atoms with E-state index in [1.54, 1.807) is 0 Å². The molecule has 0 N–H and O–H groups in total. The number of hydrogen-bond donors (Lipinski definition) is 0. The Morgan fingerprint density at radius 2 is 1.75 bits per heavy atom. The van der Waals surface area contributed by atoms with Crippen LogP contribution >= 0.6 is 15.9 Å². The van der Waals surface area contributed by atoms with Crippen LogP contribution in [0, 0.1) is 11.6 Å². The molecule has 1 fully saturated rings. The van der Waals surface area contributed by atoms with Gasteiger partial charge >= 0.3 is 6.18 Å². The molecular weight excluding hydrogens is 349 g/mol. The van der Waals surface area contributed by atoms with Crippen LogP contribution in [0.2, 0.25) is 0 Å². The smallest absolute Gasteiger partial charge is 0.326 e. The van der Waals surface area contributed by atoms with Crippen LogP contribution in [0.15, 0.2) is 16.6 Å². The fourth-order valence-corrected chi connectivity index (χ4v) is 2.24. The van der Waals surface area contributed by atoms with Crippen molar-refractivity contribution in [2.45, 2.75) is 25.1 Å². The second-order valence-corrected chi connectivity index (χ2v) is 5.44. The zero-order chi connectivity index (χ0) is 15.1. The summed E-state index contributed by atoms with van der Waals surface area (Å²) >= 11 is 2.84. The van der Waals surface area contributed by atoms with Crippen LogP contribution in [0.3, 0.4) is 0 Å². The van der Waals surface area contributed by atoms with E-state index in [-0.39, 0.29) is 4.47 Å². The number of amides is 1. The highest BCUT2D eigenvalue weighted by Crippen LogP contribution is 2.32. The van der Waals surface area contributed by atoms with Gasteiger partial charge in [-0.3, -0.25) is 4.79 Å². The Morgan fingerprint density at radius 3 is 2.15 bits per heavy atom. The quantitative estimate of drug-likeness (QED) is 0.751. The first-order valence-corrected chi connectivity index (χ1v) is 6.50. The first kappa shape index (κ1) is 15.2. The number of carbonyl (C=O) groups excluding carboxylic acids is 1. The van der Waals surface area contributed by atoms with E-state index in [0.717, 1.165) is 12.1 Å². The molecule has 0 aromatic heterocycles. The van der Waals surface area contributed by atoms with E-state index >= 15 is 0 Å². The summed E-state index contributed by atoms with van der Waals surface area (Å²) in [6.45, 7) is -1.51. The Hall–Kier alpha value is -1.18. The summed E-state index contributed by atoms with van der Waals surface area (Å²) in [5, 5.41) is 0. The third-order valence-corrected chi connectivity index (χ3v) is 3.28. The van der Waals surface area contributed by atoms with Gasteiger partial charge in [0.05, 0.1) is 0 Å². The average Bonchev–Trinajstić information content (AvgIpc) is 3.06. The third-order valence-electron chi connectivity index (χ3n) is 2.82.